The van der Waals surface area contributed by atoms with Crippen molar-refractivity contribution in [3.8, 4) is 11.5 Å². The van der Waals surface area contributed by atoms with E-state index in [1.165, 1.54) is 17.0 Å². The molecule has 0 bridgehead atoms. The van der Waals surface area contributed by atoms with Crippen molar-refractivity contribution in [2.45, 2.75) is 51.1 Å². The molecular formula is C35H38ClN3O5S. The number of sulfonamides is 1. The molecule has 2 amide bonds. The number of nitrogens with one attached hydrogen (secondary N) is 1. The Hall–Kier alpha value is -4.34. The first-order valence-corrected chi connectivity index (χ1v) is 16.6. The third-order valence-electron chi connectivity index (χ3n) is 7.25. The number of rotatable bonds is 14. The number of carbonyl (C=O) groups is 2. The maximum atomic E-state index is 14.1. The molecule has 4 aromatic rings. The number of unbranched alkanes of at least 4 members (excludes halogenated alkanes) is 1. The second-order valence-corrected chi connectivity index (χ2v) is 13.0. The van der Waals surface area contributed by atoms with Crippen LogP contribution in [-0.4, -0.2) is 44.3 Å². The van der Waals surface area contributed by atoms with Gasteiger partial charge in [-0.15, -0.1) is 0 Å². The molecule has 10 heteroatoms. The summed E-state index contributed by atoms with van der Waals surface area (Å²) in [6.45, 7) is 5.56. The van der Waals surface area contributed by atoms with Crippen molar-refractivity contribution in [1.82, 2.24) is 10.2 Å². The molecule has 0 spiro atoms. The molecule has 0 saturated carbocycles. The van der Waals surface area contributed by atoms with Crippen LogP contribution in [0.15, 0.2) is 108 Å². The number of para-hydroxylation sites is 1. The zero-order valence-corrected chi connectivity index (χ0v) is 27.2. The van der Waals surface area contributed by atoms with Crippen molar-refractivity contribution in [2.24, 2.45) is 0 Å². The highest BCUT2D eigenvalue weighted by molar-refractivity contribution is 7.92. The first-order chi connectivity index (χ1) is 21.6. The maximum Gasteiger partial charge on any atom is 0.264 e. The van der Waals surface area contributed by atoms with Crippen LogP contribution in [-0.2, 0) is 26.2 Å². The van der Waals surface area contributed by atoms with Crippen molar-refractivity contribution in [3.05, 3.63) is 119 Å². The summed E-state index contributed by atoms with van der Waals surface area (Å²) < 4.78 is 35.1. The van der Waals surface area contributed by atoms with Gasteiger partial charge in [-0.05, 0) is 86.5 Å². The monoisotopic (exact) mass is 647 g/mol. The minimum absolute atomic E-state index is 0.0418. The molecule has 1 atom stereocenters. The molecule has 0 radical (unpaired) electrons. The van der Waals surface area contributed by atoms with Gasteiger partial charge in [0.05, 0.1) is 10.6 Å². The Morgan fingerprint density at radius 3 is 2.11 bits per heavy atom. The number of benzene rings is 4. The topological polar surface area (TPSA) is 96.0 Å². The number of ether oxygens (including phenoxy) is 1. The third-order valence-corrected chi connectivity index (χ3v) is 9.29. The van der Waals surface area contributed by atoms with E-state index in [1.54, 1.807) is 67.6 Å². The van der Waals surface area contributed by atoms with Gasteiger partial charge in [-0.2, -0.15) is 0 Å². The normalized spacial score (nSPS) is 11.8. The first-order valence-electron chi connectivity index (χ1n) is 14.8. The Labute approximate surface area is 270 Å². The van der Waals surface area contributed by atoms with Gasteiger partial charge in [0, 0.05) is 18.1 Å². The molecule has 4 aromatic carbocycles. The van der Waals surface area contributed by atoms with Crippen LogP contribution in [0.4, 0.5) is 5.69 Å². The summed E-state index contributed by atoms with van der Waals surface area (Å²) in [5.74, 6) is 0.281. The Bertz CT molecular complexity index is 1660. The molecule has 0 fully saturated rings. The van der Waals surface area contributed by atoms with Crippen LogP contribution in [0.2, 0.25) is 5.02 Å². The van der Waals surface area contributed by atoms with Gasteiger partial charge < -0.3 is 15.0 Å². The molecule has 0 aliphatic rings. The third kappa shape index (κ3) is 9.09. The molecule has 4 rings (SSSR count). The van der Waals surface area contributed by atoms with E-state index in [4.69, 9.17) is 16.3 Å². The van der Waals surface area contributed by atoms with Crippen LogP contribution in [0.5, 0.6) is 11.5 Å². The van der Waals surface area contributed by atoms with Gasteiger partial charge in [-0.25, -0.2) is 8.42 Å². The number of hydrogen-bond donors (Lipinski definition) is 1. The highest BCUT2D eigenvalue weighted by atomic mass is 35.5. The van der Waals surface area contributed by atoms with Gasteiger partial charge in [0.2, 0.25) is 11.8 Å². The van der Waals surface area contributed by atoms with Crippen LogP contribution in [0.1, 0.15) is 37.8 Å². The van der Waals surface area contributed by atoms with E-state index < -0.39 is 28.5 Å². The molecule has 8 nitrogen and oxygen atoms in total. The van der Waals surface area contributed by atoms with Crippen molar-refractivity contribution in [1.29, 1.82) is 0 Å². The summed E-state index contributed by atoms with van der Waals surface area (Å²) in [4.78, 5) is 28.7. The van der Waals surface area contributed by atoms with Gasteiger partial charge in [0.15, 0.2) is 0 Å². The van der Waals surface area contributed by atoms with Gasteiger partial charge in [0.1, 0.15) is 24.1 Å². The number of anilines is 1. The standard InChI is InChI=1S/C35H38ClN3O5S/c1-4-5-23-37-35(41)27(3)38(24-28-13-15-29(36)16-14-28)34(40)25-39(45(42,43)33-21-11-26(2)12-22-33)30-17-19-32(20-18-30)44-31-9-7-6-8-10-31/h6-22,27H,4-5,23-25H2,1-3H3,(H,37,41). The van der Waals surface area contributed by atoms with E-state index in [2.05, 4.69) is 5.32 Å². The lowest BCUT2D eigenvalue weighted by Crippen LogP contribution is -2.51. The second kappa shape index (κ2) is 15.6. The molecule has 45 heavy (non-hydrogen) atoms. The summed E-state index contributed by atoms with van der Waals surface area (Å²) in [6.07, 6.45) is 1.71. The quantitative estimate of drug-likeness (QED) is 0.149. The number of aryl methyl sites for hydroxylation is 1. The average Bonchev–Trinajstić information content (AvgIpc) is 3.04. The van der Waals surface area contributed by atoms with Crippen LogP contribution in [0.25, 0.3) is 0 Å². The van der Waals surface area contributed by atoms with Crippen LogP contribution >= 0.6 is 11.6 Å². The molecule has 1 unspecified atom stereocenters. The summed E-state index contributed by atoms with van der Waals surface area (Å²) in [5.41, 5.74) is 1.92. The number of hydrogen-bond acceptors (Lipinski definition) is 5. The number of carbonyl (C=O) groups excluding carboxylic acids is 2. The zero-order chi connectivity index (χ0) is 32.4. The lowest BCUT2D eigenvalue weighted by Gasteiger charge is -2.32. The largest absolute Gasteiger partial charge is 0.457 e. The Morgan fingerprint density at radius 2 is 1.49 bits per heavy atom. The van der Waals surface area contributed by atoms with Crippen molar-refractivity contribution in [3.63, 3.8) is 0 Å². The maximum absolute atomic E-state index is 14.1. The highest BCUT2D eigenvalue weighted by Crippen LogP contribution is 2.29. The molecule has 0 saturated heterocycles. The molecule has 236 valence electrons. The van der Waals surface area contributed by atoms with E-state index in [9.17, 15) is 18.0 Å². The van der Waals surface area contributed by atoms with Crippen LogP contribution < -0.4 is 14.4 Å². The van der Waals surface area contributed by atoms with Gasteiger partial charge in [-0.3, -0.25) is 13.9 Å². The van der Waals surface area contributed by atoms with Gasteiger partial charge >= 0.3 is 0 Å². The molecule has 0 aliphatic carbocycles. The Morgan fingerprint density at radius 1 is 0.867 bits per heavy atom. The summed E-state index contributed by atoms with van der Waals surface area (Å²) >= 11 is 6.08. The fourth-order valence-corrected chi connectivity index (χ4v) is 6.12. The smallest absolute Gasteiger partial charge is 0.264 e. The summed E-state index contributed by atoms with van der Waals surface area (Å²) in [6, 6.07) is 28.3. The molecular weight excluding hydrogens is 610 g/mol. The van der Waals surface area contributed by atoms with E-state index in [1.807, 2.05) is 44.2 Å². The van der Waals surface area contributed by atoms with E-state index in [-0.39, 0.29) is 23.0 Å². The SMILES string of the molecule is CCCCNC(=O)C(C)N(Cc1ccc(Cl)cc1)C(=O)CN(c1ccc(Oc2ccccc2)cc1)S(=O)(=O)c1ccc(C)cc1. The molecule has 0 aliphatic heterocycles. The average molecular weight is 648 g/mol. The summed E-state index contributed by atoms with van der Waals surface area (Å²) in [5, 5.41) is 3.43. The number of halogens is 1. The minimum atomic E-state index is -4.19. The van der Waals surface area contributed by atoms with Crippen LogP contribution in [0, 0.1) is 6.92 Å². The second-order valence-electron chi connectivity index (χ2n) is 10.7. The Kier molecular flexibility index (Phi) is 11.6. The minimum Gasteiger partial charge on any atom is -0.457 e. The van der Waals surface area contributed by atoms with Gasteiger partial charge in [-0.1, -0.05) is 73.0 Å². The fourth-order valence-electron chi connectivity index (χ4n) is 4.58. The van der Waals surface area contributed by atoms with E-state index in [0.29, 0.717) is 23.1 Å². The number of nitrogens with zero attached hydrogens (tertiary/aromatic N) is 2. The number of amides is 2. The van der Waals surface area contributed by atoms with E-state index in [0.717, 1.165) is 28.3 Å². The predicted octanol–water partition coefficient (Wildman–Crippen LogP) is 6.97. The summed E-state index contributed by atoms with van der Waals surface area (Å²) in [7, 11) is -4.19. The van der Waals surface area contributed by atoms with E-state index >= 15 is 0 Å². The molecule has 0 heterocycles. The van der Waals surface area contributed by atoms with Crippen molar-refractivity contribution in [2.75, 3.05) is 17.4 Å². The lowest BCUT2D eigenvalue weighted by molar-refractivity contribution is -0.139. The van der Waals surface area contributed by atoms with Gasteiger partial charge in [0.25, 0.3) is 10.0 Å². The highest BCUT2D eigenvalue weighted by Gasteiger charge is 2.32. The van der Waals surface area contributed by atoms with Crippen molar-refractivity contribution < 1.29 is 22.7 Å². The zero-order valence-electron chi connectivity index (χ0n) is 25.6. The predicted molar refractivity (Wildman–Crippen MR) is 178 cm³/mol. The van der Waals surface area contributed by atoms with Crippen molar-refractivity contribution >= 4 is 39.1 Å². The van der Waals surface area contributed by atoms with Crippen LogP contribution in [0.3, 0.4) is 0 Å². The lowest BCUT2D eigenvalue weighted by atomic mass is 10.1. The Balaban J connectivity index is 1.68. The first kappa shape index (κ1) is 33.6. The molecule has 0 aromatic heterocycles. The molecule has 1 N–H and O–H groups in total. The fraction of sp³-hybridized carbons (Fsp3) is 0.257.